The predicted molar refractivity (Wildman–Crippen MR) is 84.3 cm³/mol. The molecule has 0 radical (unpaired) electrons. The number of para-hydroxylation sites is 1. The number of amides is 1. The van der Waals surface area contributed by atoms with Crippen LogP contribution in [-0.4, -0.2) is 18.1 Å². The van der Waals surface area contributed by atoms with Crippen LogP contribution >= 0.6 is 12.2 Å². The van der Waals surface area contributed by atoms with Gasteiger partial charge in [-0.05, 0) is 18.3 Å². The fourth-order valence-corrected chi connectivity index (χ4v) is 1.32. The molecule has 0 aromatic heterocycles. The van der Waals surface area contributed by atoms with Gasteiger partial charge < -0.3 is 15.8 Å². The Morgan fingerprint density at radius 3 is 2.26 bits per heavy atom. The number of nitrogens with one attached hydrogen (secondary N) is 1. The molecular formula is C14H24N2O2S. The van der Waals surface area contributed by atoms with Crippen LogP contribution in [0.2, 0.25) is 0 Å². The summed E-state index contributed by atoms with van der Waals surface area (Å²) >= 11 is 4.56. The molecule has 5 heteroatoms. The van der Waals surface area contributed by atoms with Gasteiger partial charge >= 0.3 is 0 Å². The van der Waals surface area contributed by atoms with Crippen LogP contribution in [0.1, 0.15) is 33.3 Å². The molecule has 0 atom stereocenters. The van der Waals surface area contributed by atoms with Gasteiger partial charge in [0.05, 0.1) is 13.5 Å². The fraction of sp³-hybridized carbons (Fsp3) is 0.429. The van der Waals surface area contributed by atoms with E-state index >= 15 is 0 Å². The summed E-state index contributed by atoms with van der Waals surface area (Å²) in [5, 5.41) is 2.34. The summed E-state index contributed by atoms with van der Waals surface area (Å²) in [5.41, 5.74) is 5.99. The Bertz CT molecular complexity index is 381. The minimum absolute atomic E-state index is 0.0186. The number of carbonyl (C=O) groups is 1. The van der Waals surface area contributed by atoms with Crippen molar-refractivity contribution < 1.29 is 9.53 Å². The maximum absolute atomic E-state index is 11.4. The standard InChI is InChI=1S/C10H12N2O2S.2C2H6/c1-14-8-5-3-2-4-7(8)6-9(13)12-10(11)15;2*1-2/h2-5H,6H2,1H3,(H3,11,12,13,15);2*1-2H3. The number of benzene rings is 1. The van der Waals surface area contributed by atoms with Crippen molar-refractivity contribution in [2.24, 2.45) is 5.73 Å². The molecule has 0 aliphatic carbocycles. The topological polar surface area (TPSA) is 64.3 Å². The molecule has 0 unspecified atom stereocenters. The van der Waals surface area contributed by atoms with E-state index in [1.54, 1.807) is 13.2 Å². The maximum Gasteiger partial charge on any atom is 0.230 e. The zero-order valence-corrected chi connectivity index (χ0v) is 13.1. The summed E-state index contributed by atoms with van der Waals surface area (Å²) in [6.07, 6.45) is 0.196. The zero-order chi connectivity index (χ0) is 15.3. The van der Waals surface area contributed by atoms with Gasteiger partial charge in [-0.3, -0.25) is 4.79 Å². The van der Waals surface area contributed by atoms with Crippen LogP contribution in [0.4, 0.5) is 0 Å². The van der Waals surface area contributed by atoms with E-state index in [-0.39, 0.29) is 17.4 Å². The van der Waals surface area contributed by atoms with Crippen molar-refractivity contribution in [3.05, 3.63) is 29.8 Å². The largest absolute Gasteiger partial charge is 0.496 e. The summed E-state index contributed by atoms with van der Waals surface area (Å²) in [5.74, 6) is 0.433. The number of ether oxygens (including phenoxy) is 1. The Morgan fingerprint density at radius 1 is 1.26 bits per heavy atom. The van der Waals surface area contributed by atoms with Crippen LogP contribution in [0, 0.1) is 0 Å². The first-order valence-corrected chi connectivity index (χ1v) is 6.75. The van der Waals surface area contributed by atoms with E-state index in [0.29, 0.717) is 5.75 Å². The number of methoxy groups -OCH3 is 1. The van der Waals surface area contributed by atoms with Gasteiger partial charge in [0.2, 0.25) is 5.91 Å². The molecule has 0 heterocycles. The summed E-state index contributed by atoms with van der Waals surface area (Å²) in [4.78, 5) is 11.4. The molecule has 4 nitrogen and oxygen atoms in total. The lowest BCUT2D eigenvalue weighted by atomic mass is 10.1. The molecule has 1 aromatic rings. The van der Waals surface area contributed by atoms with Crippen molar-refractivity contribution >= 4 is 23.2 Å². The number of nitrogens with two attached hydrogens (primary N) is 1. The molecule has 0 spiro atoms. The SMILES string of the molecule is CC.CC.COc1ccccc1CC(=O)NC(N)=S. The van der Waals surface area contributed by atoms with Crippen molar-refractivity contribution in [2.45, 2.75) is 34.1 Å². The Morgan fingerprint density at radius 2 is 1.79 bits per heavy atom. The lowest BCUT2D eigenvalue weighted by Gasteiger charge is -2.07. The zero-order valence-electron chi connectivity index (χ0n) is 12.3. The average Bonchev–Trinajstić information content (AvgIpc) is 2.43. The molecule has 0 fully saturated rings. The highest BCUT2D eigenvalue weighted by molar-refractivity contribution is 7.80. The number of carbonyl (C=O) groups excluding carboxylic acids is 1. The lowest BCUT2D eigenvalue weighted by molar-refractivity contribution is -0.119. The maximum atomic E-state index is 11.4. The van der Waals surface area contributed by atoms with Gasteiger partial charge in [0, 0.05) is 5.56 Å². The molecule has 0 saturated heterocycles. The number of hydrogen-bond acceptors (Lipinski definition) is 3. The summed E-state index contributed by atoms with van der Waals surface area (Å²) < 4.78 is 5.11. The van der Waals surface area contributed by atoms with Crippen LogP contribution in [0.15, 0.2) is 24.3 Å². The number of rotatable bonds is 3. The Hall–Kier alpha value is -1.62. The van der Waals surface area contributed by atoms with Gasteiger partial charge in [0.1, 0.15) is 5.75 Å². The quantitative estimate of drug-likeness (QED) is 0.838. The van der Waals surface area contributed by atoms with E-state index in [2.05, 4.69) is 17.5 Å². The van der Waals surface area contributed by atoms with Gasteiger partial charge in [-0.15, -0.1) is 0 Å². The first kappa shape index (κ1) is 19.7. The predicted octanol–water partition coefficient (Wildman–Crippen LogP) is 2.65. The Kier molecular flexibility index (Phi) is 13.3. The van der Waals surface area contributed by atoms with Crippen molar-refractivity contribution in [3.63, 3.8) is 0 Å². The monoisotopic (exact) mass is 284 g/mol. The normalized spacial score (nSPS) is 8.05. The van der Waals surface area contributed by atoms with Crippen LogP contribution in [0.5, 0.6) is 5.75 Å². The molecule has 0 saturated carbocycles. The van der Waals surface area contributed by atoms with Crippen molar-refractivity contribution in [1.82, 2.24) is 5.32 Å². The van der Waals surface area contributed by atoms with Crippen LogP contribution < -0.4 is 15.8 Å². The molecule has 1 rings (SSSR count). The molecule has 108 valence electrons. The smallest absolute Gasteiger partial charge is 0.230 e. The third kappa shape index (κ3) is 9.02. The van der Waals surface area contributed by atoms with Gasteiger partial charge in [0.15, 0.2) is 5.11 Å². The molecule has 0 aliphatic heterocycles. The van der Waals surface area contributed by atoms with Crippen LogP contribution in [0.3, 0.4) is 0 Å². The average molecular weight is 284 g/mol. The van der Waals surface area contributed by atoms with Crippen LogP contribution in [0.25, 0.3) is 0 Å². The number of hydrogen-bond donors (Lipinski definition) is 2. The summed E-state index contributed by atoms with van der Waals surface area (Å²) in [6, 6.07) is 7.29. The van der Waals surface area contributed by atoms with E-state index < -0.39 is 0 Å². The van der Waals surface area contributed by atoms with E-state index in [4.69, 9.17) is 10.5 Å². The summed E-state index contributed by atoms with van der Waals surface area (Å²) in [7, 11) is 1.56. The van der Waals surface area contributed by atoms with Crippen LogP contribution in [-0.2, 0) is 11.2 Å². The van der Waals surface area contributed by atoms with E-state index in [0.717, 1.165) is 5.56 Å². The first-order chi connectivity index (χ1) is 9.13. The van der Waals surface area contributed by atoms with Crippen molar-refractivity contribution in [3.8, 4) is 5.75 Å². The third-order valence-electron chi connectivity index (χ3n) is 1.81. The molecule has 3 N–H and O–H groups in total. The van der Waals surface area contributed by atoms with Gasteiger partial charge in [-0.25, -0.2) is 0 Å². The molecule has 0 bridgehead atoms. The van der Waals surface area contributed by atoms with E-state index in [1.807, 2.05) is 45.9 Å². The molecule has 1 aromatic carbocycles. The highest BCUT2D eigenvalue weighted by Gasteiger charge is 2.07. The molecule has 19 heavy (non-hydrogen) atoms. The molecule has 1 amide bonds. The highest BCUT2D eigenvalue weighted by atomic mass is 32.1. The second-order valence-corrected chi connectivity index (χ2v) is 3.34. The molecular weight excluding hydrogens is 260 g/mol. The van der Waals surface area contributed by atoms with E-state index in [9.17, 15) is 4.79 Å². The first-order valence-electron chi connectivity index (χ1n) is 6.34. The van der Waals surface area contributed by atoms with Gasteiger partial charge in [-0.1, -0.05) is 45.9 Å². The van der Waals surface area contributed by atoms with Crippen molar-refractivity contribution in [1.29, 1.82) is 0 Å². The third-order valence-corrected chi connectivity index (χ3v) is 1.91. The fourth-order valence-electron chi connectivity index (χ4n) is 1.20. The highest BCUT2D eigenvalue weighted by Crippen LogP contribution is 2.17. The van der Waals surface area contributed by atoms with Gasteiger partial charge in [0.25, 0.3) is 0 Å². The number of thiocarbonyl (C=S) groups is 1. The summed E-state index contributed by atoms with van der Waals surface area (Å²) in [6.45, 7) is 8.00. The molecule has 0 aliphatic rings. The second kappa shape index (κ2) is 12.8. The Balaban J connectivity index is 0. The lowest BCUT2D eigenvalue weighted by Crippen LogP contribution is -2.35. The second-order valence-electron chi connectivity index (χ2n) is 2.90. The Labute approximate surface area is 121 Å². The minimum Gasteiger partial charge on any atom is -0.496 e. The van der Waals surface area contributed by atoms with Gasteiger partial charge in [-0.2, -0.15) is 0 Å². The van der Waals surface area contributed by atoms with Crippen molar-refractivity contribution in [2.75, 3.05) is 7.11 Å². The van der Waals surface area contributed by atoms with E-state index in [1.165, 1.54) is 0 Å². The minimum atomic E-state index is -0.244.